The lowest BCUT2D eigenvalue weighted by atomic mass is 9.83. The van der Waals surface area contributed by atoms with E-state index in [0.29, 0.717) is 36.2 Å². The minimum absolute atomic E-state index is 0.107. The van der Waals surface area contributed by atoms with E-state index < -0.39 is 22.0 Å². The summed E-state index contributed by atoms with van der Waals surface area (Å²) < 4.78 is 5.37. The summed E-state index contributed by atoms with van der Waals surface area (Å²) in [4.78, 5) is 33.0. The molecule has 2 aliphatic rings. The zero-order valence-corrected chi connectivity index (χ0v) is 11.4. The molecule has 0 amide bonds. The van der Waals surface area contributed by atoms with Crippen LogP contribution >= 0.6 is 0 Å². The van der Waals surface area contributed by atoms with Crippen molar-refractivity contribution in [3.05, 3.63) is 61.4 Å². The second kappa shape index (κ2) is 5.21. The van der Waals surface area contributed by atoms with Crippen LogP contribution in [0.25, 0.3) is 0 Å². The van der Waals surface area contributed by atoms with Gasteiger partial charge in [-0.05, 0) is 12.0 Å². The number of hydrogen-bond acceptors (Lipinski definition) is 6. The van der Waals surface area contributed by atoms with Crippen LogP contribution in [0.2, 0.25) is 0 Å². The summed E-state index contributed by atoms with van der Waals surface area (Å²) >= 11 is 0. The van der Waals surface area contributed by atoms with E-state index in [4.69, 9.17) is 4.74 Å². The average Bonchev–Trinajstić information content (AvgIpc) is 2.88. The molecule has 1 aromatic rings. The third kappa shape index (κ3) is 2.22. The molecular weight excluding hydrogens is 292 g/mol. The number of allylic oxidation sites excluding steroid dienone is 1. The van der Waals surface area contributed by atoms with Gasteiger partial charge in [0.15, 0.2) is 5.78 Å². The number of hydrogen-bond donors (Lipinski definition) is 0. The second-order valence-corrected chi connectivity index (χ2v) is 5.23. The fourth-order valence-corrected chi connectivity index (χ4v) is 2.96. The molecule has 0 aromatic heterocycles. The topological polar surface area (TPSA) is 113 Å². The first-order chi connectivity index (χ1) is 10.5. The van der Waals surface area contributed by atoms with Gasteiger partial charge in [0, 0.05) is 25.0 Å². The van der Waals surface area contributed by atoms with Crippen LogP contribution < -0.4 is 0 Å². The molecule has 2 atom stereocenters. The van der Waals surface area contributed by atoms with Crippen molar-refractivity contribution in [2.75, 3.05) is 0 Å². The van der Waals surface area contributed by atoms with Crippen LogP contribution in [0.4, 0.5) is 5.69 Å². The summed E-state index contributed by atoms with van der Waals surface area (Å²) in [7, 11) is 0. The number of carbonyl (C=O) groups excluding carboxylic acids is 1. The Morgan fingerprint density at radius 2 is 1.77 bits per heavy atom. The maximum absolute atomic E-state index is 12.1. The molecule has 3 rings (SSSR count). The van der Waals surface area contributed by atoms with E-state index in [-0.39, 0.29) is 11.5 Å². The van der Waals surface area contributed by atoms with E-state index in [1.807, 2.05) is 0 Å². The number of rotatable bonds is 3. The summed E-state index contributed by atoms with van der Waals surface area (Å²) in [6.45, 7) is 0. The SMILES string of the molecule is O=C1CCCC2=C1[C@@H](c1ccc([N+](=O)[O-])cc1)[C@@H]([N+](=O)[O-])O2. The molecule has 0 fully saturated rings. The Bertz CT molecular complexity index is 694. The molecule has 114 valence electrons. The van der Waals surface area contributed by atoms with Gasteiger partial charge in [0.25, 0.3) is 5.69 Å². The maximum Gasteiger partial charge on any atom is 0.364 e. The number of nitro groups is 2. The summed E-state index contributed by atoms with van der Waals surface area (Å²) in [5, 5.41) is 21.9. The largest absolute Gasteiger partial charge is 0.433 e. The molecule has 0 saturated heterocycles. The van der Waals surface area contributed by atoms with Crippen LogP contribution in [0, 0.1) is 20.2 Å². The average molecular weight is 304 g/mol. The van der Waals surface area contributed by atoms with Crippen LogP contribution in [0.3, 0.4) is 0 Å². The number of ketones is 1. The van der Waals surface area contributed by atoms with Gasteiger partial charge in [-0.3, -0.25) is 25.0 Å². The van der Waals surface area contributed by atoms with Crippen molar-refractivity contribution >= 4 is 11.5 Å². The van der Waals surface area contributed by atoms with E-state index in [9.17, 15) is 25.0 Å². The summed E-state index contributed by atoms with van der Waals surface area (Å²) in [6, 6.07) is 5.44. The van der Waals surface area contributed by atoms with Gasteiger partial charge >= 0.3 is 6.23 Å². The van der Waals surface area contributed by atoms with Gasteiger partial charge in [-0.2, -0.15) is 0 Å². The Kier molecular flexibility index (Phi) is 3.36. The van der Waals surface area contributed by atoms with Crippen LogP contribution in [0.1, 0.15) is 30.7 Å². The fraction of sp³-hybridized carbons (Fsp3) is 0.357. The lowest BCUT2D eigenvalue weighted by Crippen LogP contribution is -2.27. The number of carbonyl (C=O) groups is 1. The number of non-ortho nitro benzene ring substituents is 1. The Hall–Kier alpha value is -2.77. The Labute approximate surface area is 124 Å². The lowest BCUT2D eigenvalue weighted by molar-refractivity contribution is -0.570. The van der Waals surface area contributed by atoms with Gasteiger partial charge in [0.1, 0.15) is 11.7 Å². The quantitative estimate of drug-likeness (QED) is 0.625. The van der Waals surface area contributed by atoms with Gasteiger partial charge in [-0.15, -0.1) is 0 Å². The highest BCUT2D eigenvalue weighted by Gasteiger charge is 2.48. The van der Waals surface area contributed by atoms with Crippen molar-refractivity contribution in [1.29, 1.82) is 0 Å². The third-order valence-electron chi connectivity index (χ3n) is 3.94. The second-order valence-electron chi connectivity index (χ2n) is 5.23. The number of nitro benzene ring substituents is 1. The Balaban J connectivity index is 2.03. The first-order valence-corrected chi connectivity index (χ1v) is 6.80. The smallest absolute Gasteiger partial charge is 0.364 e. The highest BCUT2D eigenvalue weighted by atomic mass is 16.7. The van der Waals surface area contributed by atoms with E-state index in [1.54, 1.807) is 0 Å². The number of benzene rings is 1. The van der Waals surface area contributed by atoms with Crippen molar-refractivity contribution in [3.63, 3.8) is 0 Å². The normalized spacial score (nSPS) is 23.9. The van der Waals surface area contributed by atoms with Gasteiger partial charge in [-0.25, -0.2) is 0 Å². The minimum Gasteiger partial charge on any atom is -0.433 e. The Morgan fingerprint density at radius 3 is 2.36 bits per heavy atom. The molecule has 0 unspecified atom stereocenters. The van der Waals surface area contributed by atoms with Crippen molar-refractivity contribution in [3.8, 4) is 0 Å². The number of nitrogens with zero attached hydrogens (tertiary/aromatic N) is 2. The van der Waals surface area contributed by atoms with Crippen molar-refractivity contribution in [2.45, 2.75) is 31.4 Å². The molecule has 8 nitrogen and oxygen atoms in total. The van der Waals surface area contributed by atoms with Crippen molar-refractivity contribution in [1.82, 2.24) is 0 Å². The maximum atomic E-state index is 12.1. The molecule has 8 heteroatoms. The van der Waals surface area contributed by atoms with Gasteiger partial charge < -0.3 is 4.74 Å². The van der Waals surface area contributed by atoms with E-state index in [2.05, 4.69) is 0 Å². The van der Waals surface area contributed by atoms with Gasteiger partial charge in [-0.1, -0.05) is 12.1 Å². The van der Waals surface area contributed by atoms with E-state index in [1.165, 1.54) is 24.3 Å². The minimum atomic E-state index is -1.35. The lowest BCUT2D eigenvalue weighted by Gasteiger charge is -2.15. The molecule has 0 spiro atoms. The first-order valence-electron chi connectivity index (χ1n) is 6.80. The zero-order chi connectivity index (χ0) is 15.9. The summed E-state index contributed by atoms with van der Waals surface area (Å²) in [5.41, 5.74) is 0.721. The predicted octanol–water partition coefficient (Wildman–Crippen LogP) is 2.32. The summed E-state index contributed by atoms with van der Waals surface area (Å²) in [5.74, 6) is -0.561. The molecule has 1 heterocycles. The monoisotopic (exact) mass is 304 g/mol. The zero-order valence-electron chi connectivity index (χ0n) is 11.4. The Morgan fingerprint density at radius 1 is 1.09 bits per heavy atom. The predicted molar refractivity (Wildman–Crippen MR) is 73.6 cm³/mol. The molecular formula is C14H12N2O6. The highest BCUT2D eigenvalue weighted by molar-refractivity contribution is 5.98. The number of Topliss-reactive ketones (excluding diaryl/α,β-unsaturated/α-hetero) is 1. The molecule has 22 heavy (non-hydrogen) atoms. The van der Waals surface area contributed by atoms with Gasteiger partial charge in [0.05, 0.1) is 15.4 Å². The van der Waals surface area contributed by atoms with Gasteiger partial charge in [0.2, 0.25) is 0 Å². The van der Waals surface area contributed by atoms with Crippen molar-refractivity contribution in [2.24, 2.45) is 0 Å². The van der Waals surface area contributed by atoms with E-state index >= 15 is 0 Å². The van der Waals surface area contributed by atoms with Crippen LogP contribution in [-0.4, -0.2) is 21.9 Å². The van der Waals surface area contributed by atoms with Crippen LogP contribution in [0.5, 0.6) is 0 Å². The number of ether oxygens (including phenoxy) is 1. The van der Waals surface area contributed by atoms with Crippen molar-refractivity contribution < 1.29 is 19.4 Å². The fourth-order valence-electron chi connectivity index (χ4n) is 2.96. The molecule has 0 bridgehead atoms. The molecule has 0 saturated carbocycles. The molecule has 1 aromatic carbocycles. The molecule has 0 radical (unpaired) electrons. The van der Waals surface area contributed by atoms with Crippen LogP contribution in [0.15, 0.2) is 35.6 Å². The molecule has 0 N–H and O–H groups in total. The van der Waals surface area contributed by atoms with E-state index in [0.717, 1.165) is 0 Å². The molecule has 1 aliphatic carbocycles. The highest BCUT2D eigenvalue weighted by Crippen LogP contribution is 2.44. The third-order valence-corrected chi connectivity index (χ3v) is 3.94. The summed E-state index contributed by atoms with van der Waals surface area (Å²) in [6.07, 6.45) is 0.119. The van der Waals surface area contributed by atoms with Crippen LogP contribution in [-0.2, 0) is 9.53 Å². The standard InChI is InChI=1S/C14H12N2O6/c17-10-2-1-3-11-13(10)12(14(22-11)16(20)21)8-4-6-9(7-5-8)15(18)19/h4-7,12,14H,1-3H2/t12-,14+/m1/s1. The molecule has 1 aliphatic heterocycles. The first kappa shape index (κ1) is 14.2.